The van der Waals surface area contributed by atoms with Gasteiger partial charge < -0.3 is 24.4 Å². The Labute approximate surface area is 166 Å². The monoisotopic (exact) mass is 384 g/mol. The fourth-order valence-corrected chi connectivity index (χ4v) is 3.00. The fraction of sp³-hybridized carbons (Fsp3) is 0.409. The van der Waals surface area contributed by atoms with Crippen molar-refractivity contribution < 1.29 is 19.0 Å². The zero-order valence-corrected chi connectivity index (χ0v) is 16.7. The van der Waals surface area contributed by atoms with Crippen LogP contribution in [0.1, 0.15) is 26.3 Å². The lowest BCUT2D eigenvalue weighted by Crippen LogP contribution is -2.47. The van der Waals surface area contributed by atoms with Gasteiger partial charge in [0.1, 0.15) is 12.4 Å². The molecule has 0 fully saturated rings. The quantitative estimate of drug-likeness (QED) is 0.788. The Hall–Kier alpha value is -2.89. The van der Waals surface area contributed by atoms with Crippen molar-refractivity contribution >= 4 is 6.03 Å². The van der Waals surface area contributed by atoms with Crippen LogP contribution in [0.5, 0.6) is 17.2 Å². The number of hydrogen-bond donors (Lipinski definition) is 1. The maximum Gasteiger partial charge on any atom is 0.317 e. The van der Waals surface area contributed by atoms with Crippen LogP contribution in [0.15, 0.2) is 48.5 Å². The number of carbonyl (C=O) groups excluding carboxylic acids is 1. The molecule has 0 aromatic heterocycles. The molecule has 2 aromatic rings. The summed E-state index contributed by atoms with van der Waals surface area (Å²) in [4.78, 5) is 14.3. The van der Waals surface area contributed by atoms with Gasteiger partial charge in [0, 0.05) is 13.1 Å². The number of benzene rings is 2. The van der Waals surface area contributed by atoms with E-state index in [0.29, 0.717) is 26.2 Å². The third-order valence-electron chi connectivity index (χ3n) is 4.40. The van der Waals surface area contributed by atoms with Crippen LogP contribution >= 0.6 is 0 Å². The van der Waals surface area contributed by atoms with Gasteiger partial charge in [-0.2, -0.15) is 0 Å². The van der Waals surface area contributed by atoms with Crippen molar-refractivity contribution in [2.24, 2.45) is 0 Å². The van der Waals surface area contributed by atoms with Crippen LogP contribution in [0.4, 0.5) is 4.79 Å². The van der Waals surface area contributed by atoms with E-state index >= 15 is 0 Å². The molecule has 3 rings (SSSR count). The molecule has 6 nitrogen and oxygen atoms in total. The van der Waals surface area contributed by atoms with E-state index in [1.54, 1.807) is 4.90 Å². The Bertz CT molecular complexity index is 776. The van der Waals surface area contributed by atoms with Crippen LogP contribution in [-0.4, -0.2) is 42.8 Å². The largest absolute Gasteiger partial charge is 0.491 e. The Morgan fingerprint density at radius 2 is 1.89 bits per heavy atom. The Kier molecular flexibility index (Phi) is 6.63. The molecule has 1 heterocycles. The summed E-state index contributed by atoms with van der Waals surface area (Å²) in [5, 5.41) is 2.97. The summed E-state index contributed by atoms with van der Waals surface area (Å²) in [7, 11) is 0. The van der Waals surface area contributed by atoms with E-state index in [-0.39, 0.29) is 18.2 Å². The first-order valence-electron chi connectivity index (χ1n) is 9.72. The van der Waals surface area contributed by atoms with Gasteiger partial charge in [0.05, 0.1) is 12.6 Å². The summed E-state index contributed by atoms with van der Waals surface area (Å²) in [6, 6.07) is 15.2. The molecule has 0 radical (unpaired) electrons. The standard InChI is InChI=1S/C22H28N2O4/c1-4-24(14-19-15-26-20-7-5-6-8-21(20)28-19)22(25)23-13-17-9-11-18(12-10-17)27-16(2)3/h5-12,16,19H,4,13-15H2,1-3H3,(H,23,25). The molecule has 6 heteroatoms. The number of ether oxygens (including phenoxy) is 3. The van der Waals surface area contributed by atoms with Crippen LogP contribution < -0.4 is 19.5 Å². The number of urea groups is 1. The zero-order chi connectivity index (χ0) is 19.9. The predicted octanol–water partition coefficient (Wildman–Crippen LogP) is 3.85. The Morgan fingerprint density at radius 3 is 2.57 bits per heavy atom. The molecule has 0 aliphatic carbocycles. The minimum Gasteiger partial charge on any atom is -0.491 e. The molecular weight excluding hydrogens is 356 g/mol. The lowest BCUT2D eigenvalue weighted by Gasteiger charge is -2.31. The van der Waals surface area contributed by atoms with Gasteiger partial charge in [-0.3, -0.25) is 0 Å². The van der Waals surface area contributed by atoms with Gasteiger partial charge in [-0.15, -0.1) is 0 Å². The van der Waals surface area contributed by atoms with Gasteiger partial charge in [-0.05, 0) is 50.6 Å². The predicted molar refractivity (Wildman–Crippen MR) is 108 cm³/mol. The van der Waals surface area contributed by atoms with Crippen molar-refractivity contribution in [3.05, 3.63) is 54.1 Å². The highest BCUT2D eigenvalue weighted by Gasteiger charge is 2.24. The summed E-state index contributed by atoms with van der Waals surface area (Å²) < 4.78 is 17.3. The van der Waals surface area contributed by atoms with Gasteiger partial charge in [-0.1, -0.05) is 24.3 Å². The van der Waals surface area contributed by atoms with Crippen molar-refractivity contribution in [3.63, 3.8) is 0 Å². The Morgan fingerprint density at radius 1 is 1.18 bits per heavy atom. The maximum absolute atomic E-state index is 12.6. The van der Waals surface area contributed by atoms with Crippen molar-refractivity contribution in [1.82, 2.24) is 10.2 Å². The lowest BCUT2D eigenvalue weighted by molar-refractivity contribution is 0.0675. The summed E-state index contributed by atoms with van der Waals surface area (Å²) in [6.45, 7) is 7.89. The van der Waals surface area contributed by atoms with Gasteiger partial charge in [0.25, 0.3) is 0 Å². The van der Waals surface area contributed by atoms with Gasteiger partial charge in [0.15, 0.2) is 17.6 Å². The normalized spacial score (nSPS) is 15.2. The van der Waals surface area contributed by atoms with Crippen LogP contribution in [0.25, 0.3) is 0 Å². The minimum atomic E-state index is -0.187. The van der Waals surface area contributed by atoms with Crippen LogP contribution in [-0.2, 0) is 6.54 Å². The minimum absolute atomic E-state index is 0.118. The van der Waals surface area contributed by atoms with E-state index in [9.17, 15) is 4.79 Å². The number of amides is 2. The molecule has 2 amide bonds. The molecule has 1 unspecified atom stereocenters. The van der Waals surface area contributed by atoms with Gasteiger partial charge in [0.2, 0.25) is 0 Å². The second kappa shape index (κ2) is 9.35. The van der Waals surface area contributed by atoms with Crippen molar-refractivity contribution in [2.75, 3.05) is 19.7 Å². The lowest BCUT2D eigenvalue weighted by atomic mass is 10.2. The third-order valence-corrected chi connectivity index (χ3v) is 4.40. The van der Waals surface area contributed by atoms with Crippen LogP contribution in [0, 0.1) is 0 Å². The number of hydrogen-bond acceptors (Lipinski definition) is 4. The average molecular weight is 384 g/mol. The molecule has 2 aromatic carbocycles. The molecule has 1 atom stereocenters. The van der Waals surface area contributed by atoms with Crippen LogP contribution in [0.3, 0.4) is 0 Å². The molecular formula is C22H28N2O4. The van der Waals surface area contributed by atoms with Crippen molar-refractivity contribution in [2.45, 2.75) is 39.5 Å². The first-order valence-corrected chi connectivity index (χ1v) is 9.72. The summed E-state index contributed by atoms with van der Waals surface area (Å²) in [6.07, 6.45) is -0.0466. The van der Waals surface area contributed by atoms with Crippen molar-refractivity contribution in [3.8, 4) is 17.2 Å². The SMILES string of the molecule is CCN(CC1COc2ccccc2O1)C(=O)NCc1ccc(OC(C)C)cc1. The first kappa shape index (κ1) is 19.9. The van der Waals surface area contributed by atoms with Gasteiger partial charge in [-0.25, -0.2) is 4.79 Å². The molecule has 1 N–H and O–H groups in total. The highest BCUT2D eigenvalue weighted by Crippen LogP contribution is 2.31. The van der Waals surface area contributed by atoms with E-state index < -0.39 is 0 Å². The highest BCUT2D eigenvalue weighted by atomic mass is 16.6. The van der Waals surface area contributed by atoms with Crippen molar-refractivity contribution in [1.29, 1.82) is 0 Å². The fourth-order valence-electron chi connectivity index (χ4n) is 3.00. The molecule has 1 aliphatic rings. The third kappa shape index (κ3) is 5.31. The second-order valence-electron chi connectivity index (χ2n) is 7.01. The number of nitrogens with one attached hydrogen (secondary N) is 1. The van der Waals surface area contributed by atoms with E-state index in [2.05, 4.69) is 5.32 Å². The van der Waals surface area contributed by atoms with Crippen LogP contribution in [0.2, 0.25) is 0 Å². The summed E-state index contributed by atoms with van der Waals surface area (Å²) >= 11 is 0. The molecule has 28 heavy (non-hydrogen) atoms. The smallest absolute Gasteiger partial charge is 0.317 e. The topological polar surface area (TPSA) is 60.0 Å². The van der Waals surface area contributed by atoms with Gasteiger partial charge >= 0.3 is 6.03 Å². The average Bonchev–Trinajstić information content (AvgIpc) is 2.70. The number of likely N-dealkylation sites (N-methyl/N-ethyl adjacent to an activating group) is 1. The molecule has 0 bridgehead atoms. The van der Waals surface area contributed by atoms with E-state index in [4.69, 9.17) is 14.2 Å². The summed E-state index contributed by atoms with van der Waals surface area (Å²) in [5.41, 5.74) is 1.02. The summed E-state index contributed by atoms with van der Waals surface area (Å²) in [5.74, 6) is 2.30. The molecule has 1 aliphatic heterocycles. The molecule has 0 saturated heterocycles. The number of carbonyl (C=O) groups is 1. The number of nitrogens with zero attached hydrogens (tertiary/aromatic N) is 1. The van der Waals surface area contributed by atoms with E-state index in [0.717, 1.165) is 22.8 Å². The number of fused-ring (bicyclic) bond motifs is 1. The highest BCUT2D eigenvalue weighted by molar-refractivity contribution is 5.74. The maximum atomic E-state index is 12.6. The molecule has 0 saturated carbocycles. The number of para-hydroxylation sites is 2. The van der Waals surface area contributed by atoms with E-state index in [1.165, 1.54) is 0 Å². The Balaban J connectivity index is 1.50. The number of rotatable bonds is 7. The molecule has 150 valence electrons. The first-order chi connectivity index (χ1) is 13.5. The second-order valence-corrected chi connectivity index (χ2v) is 7.01. The zero-order valence-electron chi connectivity index (χ0n) is 16.7. The molecule has 0 spiro atoms. The van der Waals surface area contributed by atoms with E-state index in [1.807, 2.05) is 69.3 Å².